The molecule has 0 bridgehead atoms. The topological polar surface area (TPSA) is 68.4 Å². The highest BCUT2D eigenvalue weighted by Crippen LogP contribution is 2.67. The molecule has 1 aliphatic carbocycles. The molecule has 2 atom stereocenters. The molecular weight excluding hydrogens is 508 g/mol. The smallest absolute Gasteiger partial charge is 0.249 e. The molecule has 0 saturated heterocycles. The number of aromatic nitrogens is 1. The predicted octanol–water partition coefficient (Wildman–Crippen LogP) is 7.12. The number of carbonyl (C=O) groups is 2. The molecule has 1 saturated carbocycles. The molecule has 3 aromatic carbocycles. The Bertz CT molecular complexity index is 1550. The monoisotopic (exact) mass is 550 g/mol. The maximum Gasteiger partial charge on any atom is 0.249 e. The average molecular weight is 551 g/mol. The van der Waals surface area contributed by atoms with E-state index >= 15 is 0 Å². The van der Waals surface area contributed by atoms with Crippen molar-refractivity contribution in [1.29, 1.82) is 0 Å². The van der Waals surface area contributed by atoms with E-state index in [0.717, 1.165) is 16.8 Å². The van der Waals surface area contributed by atoms with Gasteiger partial charge in [0.15, 0.2) is 0 Å². The largest absolute Gasteiger partial charge is 0.378 e. The number of hydrogen-bond acceptors (Lipinski definition) is 3. The second-order valence-corrected chi connectivity index (χ2v) is 12.7. The number of anilines is 2. The lowest BCUT2D eigenvalue weighted by Gasteiger charge is -2.38. The van der Waals surface area contributed by atoms with Crippen LogP contribution in [0, 0.1) is 18.3 Å². The van der Waals surface area contributed by atoms with E-state index in [2.05, 4.69) is 49.3 Å². The first-order chi connectivity index (χ1) is 19.4. The summed E-state index contributed by atoms with van der Waals surface area (Å²) in [4.78, 5) is 35.3. The van der Waals surface area contributed by atoms with Crippen molar-refractivity contribution in [2.24, 2.45) is 11.3 Å². The molecule has 2 amide bonds. The third-order valence-corrected chi connectivity index (χ3v) is 9.06. The molecule has 2 N–H and O–H groups in total. The Kier molecular flexibility index (Phi) is 7.45. The molecule has 214 valence electrons. The molecule has 1 heterocycles. The Hall–Kier alpha value is -4.06. The van der Waals surface area contributed by atoms with E-state index in [9.17, 15) is 9.59 Å². The summed E-state index contributed by atoms with van der Waals surface area (Å²) in [6.07, 6.45) is 0.387. The second kappa shape index (κ2) is 10.7. The number of amides is 2. The van der Waals surface area contributed by atoms with Crippen LogP contribution in [0.4, 0.5) is 11.4 Å². The highest BCUT2D eigenvalue weighted by molar-refractivity contribution is 6.00. The second-order valence-electron chi connectivity index (χ2n) is 12.7. The van der Waals surface area contributed by atoms with Gasteiger partial charge in [0.1, 0.15) is 5.54 Å². The van der Waals surface area contributed by atoms with E-state index < -0.39 is 5.54 Å². The van der Waals surface area contributed by atoms with Crippen LogP contribution in [0.25, 0.3) is 10.9 Å². The van der Waals surface area contributed by atoms with E-state index in [0.29, 0.717) is 18.7 Å². The first-order valence-electron chi connectivity index (χ1n) is 14.4. The summed E-state index contributed by atoms with van der Waals surface area (Å²) < 4.78 is 0. The Balaban J connectivity index is 1.40. The standard InChI is InChI=1S/C35H42N4O2/c1-23-31(27-15-11-12-16-29(27)36-23)32-28(34(32,2)3)21-30(40)39(22-24-13-9-8-10-14-24)35(4,5)33(41)37-25-17-19-26(20-18-25)38(6)7/h8-20,28,32,36H,21-22H2,1-7H3,(H,37,41)/t28-,32+/m0/s1. The molecule has 0 spiro atoms. The maximum atomic E-state index is 14.2. The molecular formula is C35H42N4O2. The minimum atomic E-state index is -1.07. The number of H-pyrrole nitrogens is 1. The number of nitrogens with zero attached hydrogens (tertiary/aromatic N) is 2. The summed E-state index contributed by atoms with van der Waals surface area (Å²) in [7, 11) is 3.96. The van der Waals surface area contributed by atoms with Crippen LogP contribution in [0.1, 0.15) is 56.9 Å². The Morgan fingerprint density at radius 1 is 0.927 bits per heavy atom. The molecule has 6 nitrogen and oxygen atoms in total. The van der Waals surface area contributed by atoms with Crippen molar-refractivity contribution >= 4 is 34.1 Å². The molecule has 4 aromatic rings. The summed E-state index contributed by atoms with van der Waals surface area (Å²) in [5, 5.41) is 4.29. The number of benzene rings is 3. The fourth-order valence-corrected chi connectivity index (χ4v) is 6.31. The lowest BCUT2D eigenvalue weighted by atomic mass is 9.97. The van der Waals surface area contributed by atoms with Gasteiger partial charge in [0.2, 0.25) is 11.8 Å². The number of para-hydroxylation sites is 1. The van der Waals surface area contributed by atoms with Crippen molar-refractivity contribution < 1.29 is 9.59 Å². The molecule has 1 fully saturated rings. The van der Waals surface area contributed by atoms with E-state index in [1.165, 1.54) is 16.6 Å². The van der Waals surface area contributed by atoms with E-state index in [1.54, 1.807) is 4.90 Å². The molecule has 0 unspecified atom stereocenters. The zero-order valence-electron chi connectivity index (χ0n) is 25.3. The summed E-state index contributed by atoms with van der Waals surface area (Å²) >= 11 is 0. The Labute approximate surface area is 243 Å². The van der Waals surface area contributed by atoms with Gasteiger partial charge < -0.3 is 20.1 Å². The molecule has 1 aliphatic rings. The van der Waals surface area contributed by atoms with Crippen LogP contribution in [0.3, 0.4) is 0 Å². The summed E-state index contributed by atoms with van der Waals surface area (Å²) in [5.74, 6) is 0.241. The van der Waals surface area contributed by atoms with Crippen molar-refractivity contribution in [3.05, 3.63) is 95.7 Å². The molecule has 0 aliphatic heterocycles. The van der Waals surface area contributed by atoms with Gasteiger partial charge >= 0.3 is 0 Å². The average Bonchev–Trinajstić information content (AvgIpc) is 3.28. The number of hydrogen-bond donors (Lipinski definition) is 2. The van der Waals surface area contributed by atoms with Gasteiger partial charge in [-0.25, -0.2) is 0 Å². The minimum absolute atomic E-state index is 0.00460. The lowest BCUT2D eigenvalue weighted by molar-refractivity contribution is -0.144. The number of carbonyl (C=O) groups excluding carboxylic acids is 2. The summed E-state index contributed by atoms with van der Waals surface area (Å²) in [6.45, 7) is 10.7. The van der Waals surface area contributed by atoms with Gasteiger partial charge in [0, 0.05) is 55.0 Å². The number of aryl methyl sites for hydroxylation is 1. The summed E-state index contributed by atoms with van der Waals surface area (Å²) in [5.41, 5.74) is 5.28. The van der Waals surface area contributed by atoms with Crippen molar-refractivity contribution in [1.82, 2.24) is 9.88 Å². The van der Waals surface area contributed by atoms with Crippen molar-refractivity contribution in [3.8, 4) is 0 Å². The zero-order valence-corrected chi connectivity index (χ0v) is 25.3. The molecule has 41 heavy (non-hydrogen) atoms. The van der Waals surface area contributed by atoms with Crippen LogP contribution in [-0.4, -0.2) is 41.3 Å². The van der Waals surface area contributed by atoms with Gasteiger partial charge in [0.25, 0.3) is 0 Å². The number of nitrogens with one attached hydrogen (secondary N) is 2. The highest BCUT2D eigenvalue weighted by atomic mass is 16.2. The van der Waals surface area contributed by atoms with Gasteiger partial charge in [-0.15, -0.1) is 0 Å². The van der Waals surface area contributed by atoms with Crippen LogP contribution in [0.2, 0.25) is 0 Å². The Morgan fingerprint density at radius 3 is 2.22 bits per heavy atom. The highest BCUT2D eigenvalue weighted by Gasteiger charge is 2.60. The first-order valence-corrected chi connectivity index (χ1v) is 14.4. The third-order valence-electron chi connectivity index (χ3n) is 9.06. The third kappa shape index (κ3) is 5.48. The summed E-state index contributed by atoms with van der Waals surface area (Å²) in [6, 6.07) is 26.1. The van der Waals surface area contributed by atoms with Crippen LogP contribution in [0.15, 0.2) is 78.9 Å². The SMILES string of the molecule is Cc1[nH]c2ccccc2c1[C@H]1[C@H](CC(=O)N(Cc2ccccc2)C(C)(C)C(=O)Nc2ccc(N(C)C)cc2)C1(C)C. The van der Waals surface area contributed by atoms with Gasteiger partial charge in [-0.1, -0.05) is 62.4 Å². The number of fused-ring (bicyclic) bond motifs is 1. The fourth-order valence-electron chi connectivity index (χ4n) is 6.31. The number of aromatic amines is 1. The molecule has 6 heteroatoms. The molecule has 1 aromatic heterocycles. The molecule has 5 rings (SSSR count). The van der Waals surface area contributed by atoms with Crippen LogP contribution < -0.4 is 10.2 Å². The quantitative estimate of drug-likeness (QED) is 0.233. The van der Waals surface area contributed by atoms with Gasteiger partial charge in [-0.3, -0.25) is 9.59 Å². The van der Waals surface area contributed by atoms with Crippen molar-refractivity contribution in [3.63, 3.8) is 0 Å². The Morgan fingerprint density at radius 2 is 1.56 bits per heavy atom. The van der Waals surface area contributed by atoms with Gasteiger partial charge in [0.05, 0.1) is 0 Å². The van der Waals surface area contributed by atoms with E-state index in [1.807, 2.05) is 93.5 Å². The minimum Gasteiger partial charge on any atom is -0.378 e. The zero-order chi connectivity index (χ0) is 29.5. The van der Waals surface area contributed by atoms with Gasteiger partial charge in [-0.05, 0) is 79.5 Å². The van der Waals surface area contributed by atoms with Crippen LogP contribution >= 0.6 is 0 Å². The maximum absolute atomic E-state index is 14.2. The number of rotatable bonds is 9. The van der Waals surface area contributed by atoms with Crippen LogP contribution in [-0.2, 0) is 16.1 Å². The van der Waals surface area contributed by atoms with Crippen LogP contribution in [0.5, 0.6) is 0 Å². The van der Waals surface area contributed by atoms with Crippen molar-refractivity contribution in [2.45, 2.75) is 59.0 Å². The normalized spacial score (nSPS) is 17.7. The lowest BCUT2D eigenvalue weighted by Crippen LogP contribution is -2.54. The van der Waals surface area contributed by atoms with E-state index in [4.69, 9.17) is 0 Å². The van der Waals surface area contributed by atoms with Crippen molar-refractivity contribution in [2.75, 3.05) is 24.3 Å². The fraction of sp³-hybridized carbons (Fsp3) is 0.371. The van der Waals surface area contributed by atoms with Gasteiger partial charge in [-0.2, -0.15) is 0 Å². The van der Waals surface area contributed by atoms with E-state index in [-0.39, 0.29) is 29.1 Å². The molecule has 0 radical (unpaired) electrons. The first kappa shape index (κ1) is 28.5. The predicted molar refractivity (Wildman–Crippen MR) is 168 cm³/mol.